The average Bonchev–Trinajstić information content (AvgIpc) is 3.15. The molecular formula is C47H78O6. The summed E-state index contributed by atoms with van der Waals surface area (Å²) >= 11 is 0. The number of unbranched alkanes of at least 4 members (excludes halogenated alkanes) is 14. The zero-order chi connectivity index (χ0) is 38.7. The van der Waals surface area contributed by atoms with Gasteiger partial charge in [0.15, 0.2) is 6.10 Å². The monoisotopic (exact) mass is 739 g/mol. The van der Waals surface area contributed by atoms with Crippen LogP contribution in [0.4, 0.5) is 0 Å². The summed E-state index contributed by atoms with van der Waals surface area (Å²) in [6.45, 7) is 6.29. The Morgan fingerprint density at radius 1 is 0.396 bits per heavy atom. The van der Waals surface area contributed by atoms with Crippen LogP contribution in [0.5, 0.6) is 0 Å². The van der Waals surface area contributed by atoms with Gasteiger partial charge in [0.1, 0.15) is 13.2 Å². The van der Waals surface area contributed by atoms with E-state index >= 15 is 0 Å². The first-order chi connectivity index (χ1) is 26.0. The summed E-state index contributed by atoms with van der Waals surface area (Å²) in [6, 6.07) is 0. The molecule has 0 aromatic heterocycles. The van der Waals surface area contributed by atoms with Gasteiger partial charge in [-0.25, -0.2) is 0 Å². The first-order valence-corrected chi connectivity index (χ1v) is 21.4. The van der Waals surface area contributed by atoms with E-state index in [0.29, 0.717) is 19.3 Å². The third-order valence-corrected chi connectivity index (χ3v) is 8.71. The van der Waals surface area contributed by atoms with Crippen molar-refractivity contribution in [3.63, 3.8) is 0 Å². The molecule has 0 amide bonds. The van der Waals surface area contributed by atoms with Crippen molar-refractivity contribution in [1.29, 1.82) is 0 Å². The highest BCUT2D eigenvalue weighted by molar-refractivity contribution is 5.71. The van der Waals surface area contributed by atoms with E-state index in [2.05, 4.69) is 93.7 Å². The van der Waals surface area contributed by atoms with E-state index in [-0.39, 0.29) is 37.5 Å². The van der Waals surface area contributed by atoms with Gasteiger partial charge in [-0.1, -0.05) is 164 Å². The van der Waals surface area contributed by atoms with Crippen LogP contribution in [-0.4, -0.2) is 37.2 Å². The molecule has 53 heavy (non-hydrogen) atoms. The zero-order valence-corrected chi connectivity index (χ0v) is 34.3. The van der Waals surface area contributed by atoms with E-state index in [1.807, 2.05) is 0 Å². The number of esters is 3. The van der Waals surface area contributed by atoms with Gasteiger partial charge < -0.3 is 14.2 Å². The largest absolute Gasteiger partial charge is 0.462 e. The average molecular weight is 739 g/mol. The molecule has 0 fully saturated rings. The van der Waals surface area contributed by atoms with Gasteiger partial charge in [-0.05, 0) is 77.0 Å². The second-order valence-corrected chi connectivity index (χ2v) is 13.8. The summed E-state index contributed by atoms with van der Waals surface area (Å²) in [5.41, 5.74) is 0. The molecule has 1 atom stereocenters. The van der Waals surface area contributed by atoms with Crippen LogP contribution >= 0.6 is 0 Å². The summed E-state index contributed by atoms with van der Waals surface area (Å²) < 4.78 is 16.6. The first kappa shape index (κ1) is 49.9. The van der Waals surface area contributed by atoms with Gasteiger partial charge in [-0.15, -0.1) is 0 Å². The number of ether oxygens (including phenoxy) is 3. The van der Waals surface area contributed by atoms with Gasteiger partial charge in [-0.2, -0.15) is 0 Å². The Bertz CT molecular complexity index is 1030. The highest BCUT2D eigenvalue weighted by atomic mass is 16.6. The Morgan fingerprint density at radius 3 is 1.23 bits per heavy atom. The van der Waals surface area contributed by atoms with Gasteiger partial charge in [0, 0.05) is 19.3 Å². The summed E-state index contributed by atoms with van der Waals surface area (Å²) in [5, 5.41) is 0. The molecule has 0 aliphatic heterocycles. The van der Waals surface area contributed by atoms with Crippen LogP contribution in [0.25, 0.3) is 0 Å². The van der Waals surface area contributed by atoms with Crippen molar-refractivity contribution in [3.05, 3.63) is 72.9 Å². The maximum Gasteiger partial charge on any atom is 0.306 e. The molecule has 6 nitrogen and oxygen atoms in total. The molecular weight excluding hydrogens is 661 g/mol. The van der Waals surface area contributed by atoms with Crippen LogP contribution < -0.4 is 0 Å². The fourth-order valence-corrected chi connectivity index (χ4v) is 5.54. The smallest absolute Gasteiger partial charge is 0.306 e. The van der Waals surface area contributed by atoms with Crippen molar-refractivity contribution in [1.82, 2.24) is 0 Å². The van der Waals surface area contributed by atoms with Gasteiger partial charge >= 0.3 is 17.9 Å². The van der Waals surface area contributed by atoms with Crippen LogP contribution in [0, 0.1) is 0 Å². The lowest BCUT2D eigenvalue weighted by Gasteiger charge is -2.18. The zero-order valence-electron chi connectivity index (χ0n) is 34.3. The van der Waals surface area contributed by atoms with Gasteiger partial charge in [0.25, 0.3) is 0 Å². The number of carbonyl (C=O) groups is 3. The van der Waals surface area contributed by atoms with Gasteiger partial charge in [0.2, 0.25) is 0 Å². The molecule has 0 saturated carbocycles. The molecule has 0 spiro atoms. The normalized spacial score (nSPS) is 12.7. The van der Waals surface area contributed by atoms with E-state index in [0.717, 1.165) is 83.5 Å². The Balaban J connectivity index is 4.51. The highest BCUT2D eigenvalue weighted by Crippen LogP contribution is 2.13. The maximum absolute atomic E-state index is 12.7. The lowest BCUT2D eigenvalue weighted by Crippen LogP contribution is -2.30. The number of allylic oxidation sites excluding steroid dienone is 12. The fourth-order valence-electron chi connectivity index (χ4n) is 5.54. The van der Waals surface area contributed by atoms with Crippen LogP contribution in [0.3, 0.4) is 0 Å². The molecule has 0 radical (unpaired) electrons. The quantitative estimate of drug-likeness (QED) is 0.0273. The summed E-state index contributed by atoms with van der Waals surface area (Å²) in [7, 11) is 0. The standard InChI is InChI=1S/C47H78O6/c1-4-7-10-13-16-19-22-25-28-31-34-37-40-46(49)52-43-44(42-51-45(48)39-36-33-30-27-24-21-18-15-12-9-6-3)53-47(50)41-38-35-32-29-26-23-20-17-14-11-8-5-2/h7,9-10,12,16,18-19,21,25,27-28,30,44H,4-6,8,11,13-15,17,20,22-24,26,29,31-43H2,1-3H3/b10-7-,12-9-,19-16-,21-18-,28-25-,30-27-. The van der Waals surface area contributed by atoms with Crippen LogP contribution in [-0.2, 0) is 28.6 Å². The third-order valence-electron chi connectivity index (χ3n) is 8.71. The molecule has 0 saturated heterocycles. The molecule has 1 unspecified atom stereocenters. The first-order valence-electron chi connectivity index (χ1n) is 21.4. The van der Waals surface area contributed by atoms with E-state index < -0.39 is 6.10 Å². The van der Waals surface area contributed by atoms with Gasteiger partial charge in [0.05, 0.1) is 0 Å². The molecule has 0 rings (SSSR count). The Labute approximate surface area is 325 Å². The second kappa shape index (κ2) is 41.6. The Morgan fingerprint density at radius 2 is 0.755 bits per heavy atom. The minimum Gasteiger partial charge on any atom is -0.462 e. The van der Waals surface area contributed by atoms with E-state index in [9.17, 15) is 14.4 Å². The molecule has 302 valence electrons. The SMILES string of the molecule is CC/C=C\C/C=C\C/C=C\CCCCC(=O)OCC(COC(=O)CCC/C=C\C/C=C\C/C=C\CC)OC(=O)CCCCCCCCCCCCCC. The molecule has 0 N–H and O–H groups in total. The van der Waals surface area contributed by atoms with Crippen molar-refractivity contribution >= 4 is 17.9 Å². The Hall–Kier alpha value is -3.15. The Kier molecular flexibility index (Phi) is 39.1. The number of hydrogen-bond donors (Lipinski definition) is 0. The van der Waals surface area contributed by atoms with Crippen molar-refractivity contribution in [2.45, 2.75) is 194 Å². The topological polar surface area (TPSA) is 78.9 Å². The van der Waals surface area contributed by atoms with Crippen LogP contribution in [0.1, 0.15) is 188 Å². The predicted octanol–water partition coefficient (Wildman–Crippen LogP) is 13.5. The van der Waals surface area contributed by atoms with Crippen LogP contribution in [0.2, 0.25) is 0 Å². The number of rotatable bonds is 37. The predicted molar refractivity (Wildman–Crippen MR) is 224 cm³/mol. The molecule has 0 bridgehead atoms. The second-order valence-electron chi connectivity index (χ2n) is 13.8. The van der Waals surface area contributed by atoms with Crippen molar-refractivity contribution < 1.29 is 28.6 Å². The van der Waals surface area contributed by atoms with E-state index in [4.69, 9.17) is 14.2 Å². The third kappa shape index (κ3) is 39.9. The molecule has 0 aromatic carbocycles. The molecule has 6 heteroatoms. The van der Waals surface area contributed by atoms with Crippen molar-refractivity contribution in [3.8, 4) is 0 Å². The van der Waals surface area contributed by atoms with Crippen molar-refractivity contribution in [2.24, 2.45) is 0 Å². The number of hydrogen-bond acceptors (Lipinski definition) is 6. The summed E-state index contributed by atoms with van der Waals surface area (Å²) in [6.07, 6.45) is 50.4. The minimum atomic E-state index is -0.806. The maximum atomic E-state index is 12.7. The molecule has 0 aliphatic carbocycles. The van der Waals surface area contributed by atoms with E-state index in [1.165, 1.54) is 57.8 Å². The highest BCUT2D eigenvalue weighted by Gasteiger charge is 2.19. The minimum absolute atomic E-state index is 0.111. The van der Waals surface area contributed by atoms with E-state index in [1.54, 1.807) is 0 Å². The summed E-state index contributed by atoms with van der Waals surface area (Å²) in [4.78, 5) is 37.6. The molecule has 0 heterocycles. The lowest BCUT2D eigenvalue weighted by molar-refractivity contribution is -0.167. The lowest BCUT2D eigenvalue weighted by atomic mass is 10.0. The number of carbonyl (C=O) groups excluding carboxylic acids is 3. The van der Waals surface area contributed by atoms with Crippen molar-refractivity contribution in [2.75, 3.05) is 13.2 Å². The molecule has 0 aromatic rings. The van der Waals surface area contributed by atoms with Crippen LogP contribution in [0.15, 0.2) is 72.9 Å². The van der Waals surface area contributed by atoms with Gasteiger partial charge in [-0.3, -0.25) is 14.4 Å². The fraction of sp³-hybridized carbons (Fsp3) is 0.681. The summed E-state index contributed by atoms with van der Waals surface area (Å²) in [5.74, 6) is -1.01. The molecule has 0 aliphatic rings.